The summed E-state index contributed by atoms with van der Waals surface area (Å²) >= 11 is 3.18. The monoisotopic (exact) mass is 1420 g/mol. The van der Waals surface area contributed by atoms with Gasteiger partial charge >= 0.3 is 0 Å². The lowest BCUT2D eigenvalue weighted by molar-refractivity contribution is 0.0500. The first-order chi connectivity index (χ1) is 45.1. The van der Waals surface area contributed by atoms with E-state index in [1.54, 1.807) is 99.6 Å². The number of aryl methyl sites for hydroxylation is 3. The van der Waals surface area contributed by atoms with Crippen LogP contribution in [0.4, 0.5) is 0 Å². The molecule has 2 aromatic heterocycles. The fourth-order valence-corrected chi connectivity index (χ4v) is 12.2. The number of ether oxygens (including phenoxy) is 9. The van der Waals surface area contributed by atoms with Gasteiger partial charge in [0, 0.05) is 79.5 Å². The third-order valence-corrected chi connectivity index (χ3v) is 18.7. The molecule has 0 aliphatic carbocycles. The number of fused-ring (bicyclic) bond motifs is 4. The summed E-state index contributed by atoms with van der Waals surface area (Å²) < 4.78 is 127. The van der Waals surface area contributed by atoms with Crippen molar-refractivity contribution in [2.75, 3.05) is 134 Å². The van der Waals surface area contributed by atoms with Crippen molar-refractivity contribution in [2.45, 2.75) is 35.5 Å². The number of phenols is 1. The van der Waals surface area contributed by atoms with E-state index in [0.717, 1.165) is 40.9 Å². The molecule has 0 radical (unpaired) electrons. The van der Waals surface area contributed by atoms with Crippen LogP contribution in [0.5, 0.6) is 11.5 Å². The molecule has 2 heterocycles. The Kier molecular flexibility index (Phi) is 37.2. The predicted octanol–water partition coefficient (Wildman–Crippen LogP) is 10.9. The van der Waals surface area contributed by atoms with Crippen LogP contribution < -0.4 is 15.6 Å². The first kappa shape index (κ1) is 80.1. The highest BCUT2D eigenvalue weighted by molar-refractivity contribution is 8.13. The van der Waals surface area contributed by atoms with Crippen LogP contribution in [-0.2, 0) is 75.5 Å². The van der Waals surface area contributed by atoms with Crippen molar-refractivity contribution in [3.8, 4) is 11.5 Å². The lowest BCUT2D eigenvalue weighted by Crippen LogP contribution is -2.13. The zero-order chi connectivity index (χ0) is 68.8. The van der Waals surface area contributed by atoms with Gasteiger partial charge in [0.1, 0.15) is 18.1 Å². The van der Waals surface area contributed by atoms with E-state index in [0.29, 0.717) is 94.6 Å². The Balaban J connectivity index is 0.000000246. The number of hydrogen-bond donors (Lipinski definition) is 2. The number of aliphatic hydroxyl groups is 1. The molecular formula is C67H81ClO21S5. The number of hydrogen-bond acceptors (Lipinski definition) is 23. The highest BCUT2D eigenvalue weighted by atomic mass is 35.7. The molecule has 0 fully saturated rings. The van der Waals surface area contributed by atoms with Gasteiger partial charge in [0.25, 0.3) is 29.3 Å². The lowest BCUT2D eigenvalue weighted by atomic mass is 10.2. The van der Waals surface area contributed by atoms with Gasteiger partial charge in [-0.2, -0.15) is 16.8 Å². The summed E-state index contributed by atoms with van der Waals surface area (Å²) in [5.74, 6) is 0.819. The number of methoxy groups -OCH3 is 4. The van der Waals surface area contributed by atoms with Crippen LogP contribution in [0.3, 0.4) is 0 Å². The maximum absolute atomic E-state index is 12.6. The Morgan fingerprint density at radius 3 is 1.12 bits per heavy atom. The van der Waals surface area contributed by atoms with Crippen LogP contribution >= 0.6 is 33.4 Å². The van der Waals surface area contributed by atoms with Crippen molar-refractivity contribution in [1.82, 2.24) is 0 Å². The van der Waals surface area contributed by atoms with Crippen molar-refractivity contribution in [3.05, 3.63) is 195 Å². The summed E-state index contributed by atoms with van der Waals surface area (Å²) in [5.41, 5.74) is 3.04. The normalized spacial score (nSPS) is 11.2. The van der Waals surface area contributed by atoms with Crippen molar-refractivity contribution in [1.29, 1.82) is 0 Å². The first-order valence-electron chi connectivity index (χ1n) is 29.1. The van der Waals surface area contributed by atoms with Crippen LogP contribution in [-0.4, -0.2) is 170 Å². The molecule has 0 amide bonds. The van der Waals surface area contributed by atoms with Crippen LogP contribution in [0.2, 0.25) is 0 Å². The fraction of sp³-hybridized carbons (Fsp3) is 0.343. The van der Waals surface area contributed by atoms with E-state index in [1.807, 2.05) is 87.5 Å². The van der Waals surface area contributed by atoms with Crippen LogP contribution in [0.25, 0.3) is 40.3 Å². The Morgan fingerprint density at radius 1 is 0.383 bits per heavy atom. The Hall–Kier alpha value is -6.38. The lowest BCUT2D eigenvalue weighted by Gasteiger charge is -2.08. The molecule has 27 heteroatoms. The molecule has 94 heavy (non-hydrogen) atoms. The summed E-state index contributed by atoms with van der Waals surface area (Å²) in [6.45, 7) is 11.6. The molecule has 0 saturated carbocycles. The van der Waals surface area contributed by atoms with Gasteiger partial charge in [0.2, 0.25) is 0 Å². The number of phenolic OH excluding ortho intramolecular Hbond substituents is 1. The average molecular weight is 1420 g/mol. The molecule has 0 spiro atoms. The van der Waals surface area contributed by atoms with E-state index in [1.165, 1.54) is 42.5 Å². The molecule has 0 saturated heterocycles. The van der Waals surface area contributed by atoms with Gasteiger partial charge in [0.05, 0.1) is 114 Å². The molecule has 2 N–H and O–H groups in total. The molecule has 0 atom stereocenters. The van der Waals surface area contributed by atoms with E-state index in [9.17, 15) is 39.9 Å². The first-order valence-corrected chi connectivity index (χ1v) is 35.9. The molecule has 7 aromatic carbocycles. The van der Waals surface area contributed by atoms with Gasteiger partial charge in [-0.1, -0.05) is 77.4 Å². The summed E-state index contributed by atoms with van der Waals surface area (Å²) in [5, 5.41) is 20.3. The maximum Gasteiger partial charge on any atom is 0.297 e. The Labute approximate surface area is 561 Å². The third kappa shape index (κ3) is 29.3. The fourth-order valence-electron chi connectivity index (χ4n) is 7.58. The SMILES string of the molecule is COCCOCCO.COCCOCCOS(=O)(=O)c1ccc(C)cc1.COCCOCCOS(=O)(=O)c1ccc(C)cc1.COCCOCCOc1ccc2sc3ccccc3c(=O)c2c1.Cc1ccc(S(=O)(=O)Cl)cc1.O=c1c2ccccc2sc2ccc(O)cc12. The zero-order valence-electron chi connectivity index (χ0n) is 53.4. The summed E-state index contributed by atoms with van der Waals surface area (Å²) in [6, 6.07) is 45.1. The van der Waals surface area contributed by atoms with Crippen LogP contribution in [0.1, 0.15) is 16.7 Å². The minimum absolute atomic E-state index is 0.0000753. The van der Waals surface area contributed by atoms with E-state index >= 15 is 0 Å². The van der Waals surface area contributed by atoms with Gasteiger partial charge in [-0.3, -0.25) is 18.0 Å². The minimum Gasteiger partial charge on any atom is -0.508 e. The summed E-state index contributed by atoms with van der Waals surface area (Å²) in [6.07, 6.45) is 0. The van der Waals surface area contributed by atoms with E-state index < -0.39 is 29.3 Å². The quantitative estimate of drug-likeness (QED) is 0.0191. The molecule has 21 nitrogen and oxygen atoms in total. The van der Waals surface area contributed by atoms with Gasteiger partial charge in [-0.05, 0) is 118 Å². The molecule has 0 unspecified atom stereocenters. The van der Waals surface area contributed by atoms with E-state index in [2.05, 4.69) is 4.74 Å². The van der Waals surface area contributed by atoms with Crippen molar-refractivity contribution in [2.24, 2.45) is 0 Å². The molecule has 9 rings (SSSR count). The number of halogens is 1. The standard InChI is InChI=1S/C18H18O4S.C13H8O2S.2C12H18O5S.C7H7ClO2S.C5H12O3/c1-20-8-9-21-10-11-22-13-6-7-17-15(12-13)18(19)14-4-2-3-5-16(14)23-17;14-8-5-6-12-10(7-8)13(15)9-3-1-2-4-11(9)16-12;2*1-11-3-5-12(6-4-11)18(13,14)17-10-9-16-8-7-15-2;1-6-2-4-7(5-3-6)11(8,9)10;1-7-4-5-8-3-2-6/h2-7,12H,8-11H2,1H3;1-7,14H;2*3-6H,7-10H2,1-2H3;2-5H,1H3;6H,2-5H2,1H3. The molecular weight excluding hydrogens is 1340 g/mol. The number of aliphatic hydroxyl groups excluding tert-OH is 1. The van der Waals surface area contributed by atoms with Crippen LogP contribution in [0, 0.1) is 20.8 Å². The Morgan fingerprint density at radius 2 is 0.723 bits per heavy atom. The summed E-state index contributed by atoms with van der Waals surface area (Å²) in [4.78, 5) is 25.2. The van der Waals surface area contributed by atoms with Crippen molar-refractivity contribution >= 4 is 103 Å². The molecule has 9 aromatic rings. The largest absolute Gasteiger partial charge is 0.508 e. The molecule has 0 aliphatic rings. The van der Waals surface area contributed by atoms with E-state index in [-0.39, 0.29) is 64.3 Å². The highest BCUT2D eigenvalue weighted by Crippen LogP contribution is 2.29. The minimum atomic E-state index is -3.68. The number of benzene rings is 7. The van der Waals surface area contributed by atoms with E-state index in [4.69, 9.17) is 62.0 Å². The smallest absolute Gasteiger partial charge is 0.297 e. The third-order valence-electron chi connectivity index (χ3n) is 12.4. The van der Waals surface area contributed by atoms with Crippen molar-refractivity contribution in [3.63, 3.8) is 0 Å². The Bertz CT molecular complexity index is 4040. The summed E-state index contributed by atoms with van der Waals surface area (Å²) in [7, 11) is 0.568. The predicted molar refractivity (Wildman–Crippen MR) is 369 cm³/mol. The second kappa shape index (κ2) is 43.6. The van der Waals surface area contributed by atoms with Gasteiger partial charge in [-0.25, -0.2) is 8.42 Å². The van der Waals surface area contributed by atoms with Crippen molar-refractivity contribution < 1.29 is 86.5 Å². The maximum atomic E-state index is 12.6. The highest BCUT2D eigenvalue weighted by Gasteiger charge is 2.16. The number of rotatable bonds is 29. The molecule has 512 valence electrons. The van der Waals surface area contributed by atoms with Gasteiger partial charge < -0.3 is 52.8 Å². The van der Waals surface area contributed by atoms with Gasteiger partial charge in [0.15, 0.2) is 10.9 Å². The molecule has 0 aliphatic heterocycles. The second-order valence-corrected chi connectivity index (χ2v) is 27.6. The van der Waals surface area contributed by atoms with Gasteiger partial charge in [-0.15, -0.1) is 22.7 Å². The van der Waals surface area contributed by atoms with Crippen LogP contribution in [0.15, 0.2) is 182 Å². The average Bonchev–Trinajstić information content (AvgIpc) is 0.791. The number of aromatic hydroxyl groups is 1. The molecule has 0 bridgehead atoms. The second-order valence-electron chi connectivity index (χ2n) is 19.6. The topological polar surface area (TPSA) is 279 Å². The zero-order valence-corrected chi connectivity index (χ0v) is 58.2.